The first-order valence-corrected chi connectivity index (χ1v) is 3.37. The Balaban J connectivity index is 0.000000292. The van der Waals surface area contributed by atoms with Crippen molar-refractivity contribution in [2.24, 2.45) is 5.73 Å². The van der Waals surface area contributed by atoms with Gasteiger partial charge in [-0.1, -0.05) is 0 Å². The summed E-state index contributed by atoms with van der Waals surface area (Å²) in [7, 11) is 0. The third-order valence-electron chi connectivity index (χ3n) is 0.643. The fourth-order valence-corrected chi connectivity index (χ4v) is 0.834. The molecule has 0 saturated carbocycles. The van der Waals surface area contributed by atoms with E-state index in [1.54, 1.807) is 11.6 Å². The zero-order chi connectivity index (χ0) is 8.69. The molecule has 0 aliphatic carbocycles. The normalized spacial score (nSPS) is 7.64. The van der Waals surface area contributed by atoms with Gasteiger partial charge in [0, 0.05) is 11.6 Å². The summed E-state index contributed by atoms with van der Waals surface area (Å²) in [5.74, 6) is -0.458. The van der Waals surface area contributed by atoms with Crippen molar-refractivity contribution in [3.63, 3.8) is 0 Å². The summed E-state index contributed by atoms with van der Waals surface area (Å²) in [5, 5.41) is 8.96. The fourth-order valence-electron chi connectivity index (χ4n) is 0.345. The van der Waals surface area contributed by atoms with Crippen molar-refractivity contribution in [2.75, 3.05) is 0 Å². The quantitative estimate of drug-likeness (QED) is 0.583. The number of nitrogens with zero attached hydrogens (tertiary/aromatic N) is 1. The highest BCUT2D eigenvalue weighted by molar-refractivity contribution is 7.11. The first-order chi connectivity index (χ1) is 5.22. The molecular formula is C5H6N2O3S. The molecule has 5 nitrogen and oxygen atoms in total. The summed E-state index contributed by atoms with van der Waals surface area (Å²) in [4.78, 5) is 22.3. The van der Waals surface area contributed by atoms with Gasteiger partial charge in [0.2, 0.25) is 0 Å². The number of amides is 1. The highest BCUT2D eigenvalue weighted by Crippen LogP contribution is 2.00. The Bertz CT molecular complexity index is 222. The van der Waals surface area contributed by atoms with Gasteiger partial charge in [-0.2, -0.15) is 0 Å². The van der Waals surface area contributed by atoms with Crippen LogP contribution in [0, 0.1) is 0 Å². The Hall–Kier alpha value is -1.43. The van der Waals surface area contributed by atoms with Gasteiger partial charge in [-0.05, 0) is 0 Å². The third kappa shape index (κ3) is 4.04. The second kappa shape index (κ2) is 5.36. The molecule has 0 spiro atoms. The van der Waals surface area contributed by atoms with Crippen molar-refractivity contribution in [3.05, 3.63) is 16.6 Å². The highest BCUT2D eigenvalue weighted by Gasteiger charge is 1.98. The van der Waals surface area contributed by atoms with Crippen LogP contribution in [0.25, 0.3) is 0 Å². The minimum Gasteiger partial charge on any atom is -0.483 e. The Morgan fingerprint density at radius 2 is 2.36 bits per heavy atom. The maximum absolute atomic E-state index is 10.2. The minimum atomic E-state index is -0.458. The molecule has 0 aliphatic rings. The van der Waals surface area contributed by atoms with E-state index >= 15 is 0 Å². The van der Waals surface area contributed by atoms with Gasteiger partial charge in [-0.25, -0.2) is 4.98 Å². The van der Waals surface area contributed by atoms with Crippen molar-refractivity contribution >= 4 is 23.7 Å². The lowest BCUT2D eigenvalue weighted by atomic mass is 10.7. The first-order valence-electron chi connectivity index (χ1n) is 2.49. The Morgan fingerprint density at radius 1 is 1.82 bits per heavy atom. The third-order valence-corrected chi connectivity index (χ3v) is 1.43. The average molecular weight is 174 g/mol. The van der Waals surface area contributed by atoms with Gasteiger partial charge >= 0.3 is 0 Å². The second-order valence-electron chi connectivity index (χ2n) is 1.31. The van der Waals surface area contributed by atoms with Crippen LogP contribution in [0.15, 0.2) is 11.6 Å². The zero-order valence-electron chi connectivity index (χ0n) is 5.43. The molecule has 1 aromatic heterocycles. The number of hydrogen-bond acceptors (Lipinski definition) is 4. The first kappa shape index (κ1) is 9.57. The van der Waals surface area contributed by atoms with Crippen LogP contribution in [0.3, 0.4) is 0 Å². The SMILES string of the molecule is NC(=O)c1nccs1.O=CO. The molecule has 0 fully saturated rings. The lowest BCUT2D eigenvalue weighted by Gasteiger charge is -1.78. The van der Waals surface area contributed by atoms with Crippen LogP contribution in [-0.2, 0) is 4.79 Å². The number of thiazole rings is 1. The van der Waals surface area contributed by atoms with E-state index in [2.05, 4.69) is 4.98 Å². The summed E-state index contributed by atoms with van der Waals surface area (Å²) in [6.45, 7) is -0.250. The number of rotatable bonds is 1. The van der Waals surface area contributed by atoms with Gasteiger partial charge in [0.1, 0.15) is 0 Å². The summed E-state index contributed by atoms with van der Waals surface area (Å²) >= 11 is 1.25. The van der Waals surface area contributed by atoms with Crippen LogP contribution in [0.2, 0.25) is 0 Å². The van der Waals surface area contributed by atoms with Crippen molar-refractivity contribution < 1.29 is 14.7 Å². The average Bonchev–Trinajstić information content (AvgIpc) is 2.38. The van der Waals surface area contributed by atoms with E-state index in [1.807, 2.05) is 0 Å². The topological polar surface area (TPSA) is 93.3 Å². The van der Waals surface area contributed by atoms with Crippen molar-refractivity contribution in [3.8, 4) is 0 Å². The number of aromatic nitrogens is 1. The van der Waals surface area contributed by atoms with E-state index in [1.165, 1.54) is 11.3 Å². The predicted molar refractivity (Wildman–Crippen MR) is 39.3 cm³/mol. The number of nitrogens with two attached hydrogens (primary N) is 1. The fraction of sp³-hybridized carbons (Fsp3) is 0. The van der Waals surface area contributed by atoms with Gasteiger partial charge in [0.05, 0.1) is 0 Å². The van der Waals surface area contributed by atoms with Crippen LogP contribution >= 0.6 is 11.3 Å². The summed E-state index contributed by atoms with van der Waals surface area (Å²) in [5.41, 5.74) is 4.87. The summed E-state index contributed by atoms with van der Waals surface area (Å²) in [6.07, 6.45) is 1.55. The van der Waals surface area contributed by atoms with Crippen LogP contribution in [0.1, 0.15) is 9.80 Å². The predicted octanol–water partition coefficient (Wildman–Crippen LogP) is -0.0572. The van der Waals surface area contributed by atoms with E-state index in [0.29, 0.717) is 5.01 Å². The summed E-state index contributed by atoms with van der Waals surface area (Å²) in [6, 6.07) is 0. The number of carbonyl (C=O) groups is 2. The Labute approximate surface area is 66.5 Å². The maximum atomic E-state index is 10.2. The monoisotopic (exact) mass is 174 g/mol. The number of carboxylic acid groups (broad SMARTS) is 1. The molecule has 11 heavy (non-hydrogen) atoms. The molecule has 1 amide bonds. The highest BCUT2D eigenvalue weighted by atomic mass is 32.1. The molecule has 0 atom stereocenters. The van der Waals surface area contributed by atoms with E-state index in [9.17, 15) is 4.79 Å². The van der Waals surface area contributed by atoms with Gasteiger partial charge in [-0.3, -0.25) is 9.59 Å². The van der Waals surface area contributed by atoms with E-state index < -0.39 is 5.91 Å². The molecule has 1 heterocycles. The molecule has 3 N–H and O–H groups in total. The Kier molecular flexibility index (Phi) is 4.67. The van der Waals surface area contributed by atoms with Crippen LogP contribution in [0.5, 0.6) is 0 Å². The second-order valence-corrected chi connectivity index (χ2v) is 2.20. The largest absolute Gasteiger partial charge is 0.483 e. The van der Waals surface area contributed by atoms with Crippen molar-refractivity contribution in [1.82, 2.24) is 4.98 Å². The molecule has 60 valence electrons. The van der Waals surface area contributed by atoms with Gasteiger partial charge in [0.25, 0.3) is 12.4 Å². The number of primary amides is 1. The van der Waals surface area contributed by atoms with Gasteiger partial charge in [-0.15, -0.1) is 11.3 Å². The zero-order valence-corrected chi connectivity index (χ0v) is 6.25. The molecule has 0 aliphatic heterocycles. The minimum absolute atomic E-state index is 0.250. The molecule has 0 unspecified atom stereocenters. The lowest BCUT2D eigenvalue weighted by molar-refractivity contribution is -0.122. The lowest BCUT2D eigenvalue weighted by Crippen LogP contribution is -2.09. The van der Waals surface area contributed by atoms with Crippen LogP contribution in [-0.4, -0.2) is 22.5 Å². The van der Waals surface area contributed by atoms with Crippen molar-refractivity contribution in [2.45, 2.75) is 0 Å². The van der Waals surface area contributed by atoms with Crippen LogP contribution in [0.4, 0.5) is 0 Å². The number of carbonyl (C=O) groups excluding carboxylic acids is 1. The van der Waals surface area contributed by atoms with Gasteiger partial charge < -0.3 is 10.8 Å². The number of hydrogen-bond donors (Lipinski definition) is 2. The Morgan fingerprint density at radius 3 is 2.55 bits per heavy atom. The van der Waals surface area contributed by atoms with Crippen molar-refractivity contribution in [1.29, 1.82) is 0 Å². The molecular weight excluding hydrogens is 168 g/mol. The van der Waals surface area contributed by atoms with E-state index in [0.717, 1.165) is 0 Å². The smallest absolute Gasteiger partial charge is 0.290 e. The molecule has 1 aromatic rings. The van der Waals surface area contributed by atoms with Gasteiger partial charge in [0.15, 0.2) is 5.01 Å². The molecule has 0 saturated heterocycles. The van der Waals surface area contributed by atoms with Crippen LogP contribution < -0.4 is 5.73 Å². The van der Waals surface area contributed by atoms with E-state index in [-0.39, 0.29) is 6.47 Å². The summed E-state index contributed by atoms with van der Waals surface area (Å²) < 4.78 is 0. The molecule has 6 heteroatoms. The molecule has 0 aromatic carbocycles. The maximum Gasteiger partial charge on any atom is 0.290 e. The molecule has 0 radical (unpaired) electrons. The van der Waals surface area contributed by atoms with E-state index in [4.69, 9.17) is 15.6 Å². The molecule has 0 bridgehead atoms. The standard InChI is InChI=1S/C4H4N2OS.CH2O2/c5-3(7)4-6-1-2-8-4;2-1-3/h1-2H,(H2,5,7);1H,(H,2,3). The molecule has 1 rings (SSSR count).